The van der Waals surface area contributed by atoms with Crippen molar-refractivity contribution >= 4 is 35.0 Å². The van der Waals surface area contributed by atoms with Gasteiger partial charge in [0.15, 0.2) is 17.0 Å². The van der Waals surface area contributed by atoms with Crippen LogP contribution >= 0.6 is 11.6 Å². The minimum atomic E-state index is -1.65. The fourth-order valence-corrected chi connectivity index (χ4v) is 3.40. The normalized spacial score (nSPS) is 26.2. The van der Waals surface area contributed by atoms with Gasteiger partial charge in [-0.2, -0.15) is 0 Å². The number of carbonyl (C=O) groups is 3. The molecular weight excluding hydrogens is 303 g/mol. The number of ether oxygens (including phenoxy) is 1. The number of nitrogens with zero attached hydrogens (tertiary/aromatic N) is 1. The van der Waals surface area contributed by atoms with Gasteiger partial charge in [0.1, 0.15) is 6.61 Å². The maximum Gasteiger partial charge on any atom is 0.248 e. The topological polar surface area (TPSA) is 75.7 Å². The van der Waals surface area contributed by atoms with Gasteiger partial charge in [0.2, 0.25) is 17.7 Å². The largest absolute Gasteiger partial charge is 0.486 e. The predicted octanol–water partition coefficient (Wildman–Crippen LogP) is 0.502. The SMILES string of the molecule is O=C1CC2(C(=O)N1)C(=O)N1CCOc3c(F)c(Cl)cc2c31. The van der Waals surface area contributed by atoms with Gasteiger partial charge in [-0.15, -0.1) is 0 Å². The number of halogens is 2. The number of benzene rings is 1. The van der Waals surface area contributed by atoms with Crippen molar-refractivity contribution < 1.29 is 23.5 Å². The van der Waals surface area contributed by atoms with Crippen molar-refractivity contribution in [3.05, 3.63) is 22.5 Å². The molecule has 3 heterocycles. The molecule has 1 aromatic carbocycles. The van der Waals surface area contributed by atoms with Crippen LogP contribution in [-0.4, -0.2) is 30.9 Å². The fraction of sp³-hybridized carbons (Fsp3) is 0.308. The van der Waals surface area contributed by atoms with Crippen LogP contribution in [0.15, 0.2) is 6.07 Å². The van der Waals surface area contributed by atoms with Gasteiger partial charge in [-0.25, -0.2) is 4.39 Å². The Bertz CT molecular complexity index is 750. The van der Waals surface area contributed by atoms with E-state index in [9.17, 15) is 18.8 Å². The number of nitrogens with one attached hydrogen (secondary N) is 1. The second kappa shape index (κ2) is 3.73. The number of hydrogen-bond acceptors (Lipinski definition) is 4. The lowest BCUT2D eigenvalue weighted by Crippen LogP contribution is -2.46. The van der Waals surface area contributed by atoms with E-state index in [1.54, 1.807) is 0 Å². The van der Waals surface area contributed by atoms with Gasteiger partial charge in [-0.3, -0.25) is 19.7 Å². The maximum absolute atomic E-state index is 14.1. The van der Waals surface area contributed by atoms with E-state index >= 15 is 0 Å². The molecule has 8 heteroatoms. The van der Waals surface area contributed by atoms with Gasteiger partial charge < -0.3 is 9.64 Å². The lowest BCUT2D eigenvalue weighted by molar-refractivity contribution is -0.133. The summed E-state index contributed by atoms with van der Waals surface area (Å²) in [7, 11) is 0. The molecule has 3 aliphatic heterocycles. The molecule has 108 valence electrons. The lowest BCUT2D eigenvalue weighted by atomic mass is 9.80. The van der Waals surface area contributed by atoms with Crippen LogP contribution in [0, 0.1) is 5.82 Å². The third kappa shape index (κ3) is 1.29. The Balaban J connectivity index is 2.07. The van der Waals surface area contributed by atoms with E-state index in [4.69, 9.17) is 16.3 Å². The van der Waals surface area contributed by atoms with E-state index in [2.05, 4.69) is 5.32 Å². The zero-order chi connectivity index (χ0) is 14.9. The molecule has 0 radical (unpaired) electrons. The third-order valence-electron chi connectivity index (χ3n) is 4.12. The summed E-state index contributed by atoms with van der Waals surface area (Å²) in [6.07, 6.45) is -0.296. The highest BCUT2D eigenvalue weighted by atomic mass is 35.5. The summed E-state index contributed by atoms with van der Waals surface area (Å²) in [4.78, 5) is 37.8. The van der Waals surface area contributed by atoms with Gasteiger partial charge in [0.05, 0.1) is 23.7 Å². The van der Waals surface area contributed by atoms with Gasteiger partial charge in [-0.05, 0) is 6.07 Å². The van der Waals surface area contributed by atoms with Crippen molar-refractivity contribution in [3.63, 3.8) is 0 Å². The van der Waals surface area contributed by atoms with E-state index in [1.165, 1.54) is 11.0 Å². The minimum Gasteiger partial charge on any atom is -0.486 e. The summed E-state index contributed by atoms with van der Waals surface area (Å²) >= 11 is 5.84. The van der Waals surface area contributed by atoms with Crippen molar-refractivity contribution in [2.45, 2.75) is 11.8 Å². The number of amides is 3. The molecule has 6 nitrogen and oxygen atoms in total. The summed E-state index contributed by atoms with van der Waals surface area (Å²) in [6, 6.07) is 1.24. The monoisotopic (exact) mass is 310 g/mol. The van der Waals surface area contributed by atoms with E-state index in [-0.39, 0.29) is 41.6 Å². The first-order valence-corrected chi connectivity index (χ1v) is 6.66. The number of anilines is 1. The average Bonchev–Trinajstić information content (AvgIpc) is 2.87. The van der Waals surface area contributed by atoms with Crippen LogP contribution in [0.4, 0.5) is 10.1 Å². The molecule has 1 unspecified atom stereocenters. The Kier molecular flexibility index (Phi) is 2.24. The summed E-state index contributed by atoms with van der Waals surface area (Å²) in [6.45, 7) is 0.296. The second-order valence-electron chi connectivity index (χ2n) is 5.16. The predicted molar refractivity (Wildman–Crippen MR) is 68.7 cm³/mol. The van der Waals surface area contributed by atoms with Crippen LogP contribution in [0.2, 0.25) is 5.02 Å². The van der Waals surface area contributed by atoms with Crippen LogP contribution in [0.1, 0.15) is 12.0 Å². The standard InChI is InChI=1S/C13H8ClFN2O4/c14-6-3-5-9-10(8(6)15)21-2-1-17(9)12(20)13(5)4-7(18)16-11(13)19/h3H,1-2,4H2,(H,16,18,19). The molecule has 1 N–H and O–H groups in total. The first-order valence-electron chi connectivity index (χ1n) is 6.28. The van der Waals surface area contributed by atoms with Crippen LogP contribution in [0.25, 0.3) is 0 Å². The molecule has 1 spiro atoms. The van der Waals surface area contributed by atoms with Gasteiger partial charge in [0.25, 0.3) is 0 Å². The second-order valence-corrected chi connectivity index (χ2v) is 5.57. The van der Waals surface area contributed by atoms with Crippen molar-refractivity contribution in [3.8, 4) is 5.75 Å². The molecule has 0 aromatic heterocycles. The zero-order valence-corrected chi connectivity index (χ0v) is 11.3. The Hall–Kier alpha value is -2.15. The van der Waals surface area contributed by atoms with Crippen molar-refractivity contribution in [1.29, 1.82) is 0 Å². The number of imide groups is 1. The highest BCUT2D eigenvalue weighted by Gasteiger charge is 2.62. The summed E-state index contributed by atoms with van der Waals surface area (Å²) in [5, 5.41) is 1.89. The summed E-state index contributed by atoms with van der Waals surface area (Å²) < 4.78 is 19.3. The molecule has 3 amide bonds. The first kappa shape index (κ1) is 12.6. The van der Waals surface area contributed by atoms with Gasteiger partial charge in [-0.1, -0.05) is 11.6 Å². The highest BCUT2D eigenvalue weighted by molar-refractivity contribution is 6.33. The third-order valence-corrected chi connectivity index (χ3v) is 4.39. The molecule has 4 rings (SSSR count). The smallest absolute Gasteiger partial charge is 0.248 e. The van der Waals surface area contributed by atoms with Crippen molar-refractivity contribution in [2.24, 2.45) is 0 Å². The van der Waals surface area contributed by atoms with E-state index in [0.717, 1.165) is 0 Å². The number of fused-ring (bicyclic) bond motifs is 1. The molecule has 21 heavy (non-hydrogen) atoms. The fourth-order valence-electron chi connectivity index (χ4n) is 3.21. The Morgan fingerprint density at radius 3 is 2.81 bits per heavy atom. The lowest BCUT2D eigenvalue weighted by Gasteiger charge is -2.26. The molecule has 0 aliphatic carbocycles. The molecule has 3 aliphatic rings. The quantitative estimate of drug-likeness (QED) is 0.559. The molecule has 0 bridgehead atoms. The van der Waals surface area contributed by atoms with Gasteiger partial charge in [0, 0.05) is 5.56 Å². The Morgan fingerprint density at radius 1 is 1.38 bits per heavy atom. The minimum absolute atomic E-state index is 0.0983. The van der Waals surface area contributed by atoms with Gasteiger partial charge >= 0.3 is 0 Å². The van der Waals surface area contributed by atoms with Crippen LogP contribution in [0.5, 0.6) is 5.75 Å². The Morgan fingerprint density at radius 2 is 2.14 bits per heavy atom. The van der Waals surface area contributed by atoms with Crippen LogP contribution in [-0.2, 0) is 19.8 Å². The molecule has 1 aromatic rings. The summed E-state index contributed by atoms with van der Waals surface area (Å²) in [5.41, 5.74) is -1.21. The molecule has 1 atom stereocenters. The average molecular weight is 311 g/mol. The number of rotatable bonds is 0. The van der Waals surface area contributed by atoms with E-state index < -0.39 is 29.0 Å². The molecular formula is C13H8ClFN2O4. The number of hydrogen-bond donors (Lipinski definition) is 1. The molecule has 1 fully saturated rings. The van der Waals surface area contributed by atoms with Crippen LogP contribution < -0.4 is 15.0 Å². The highest BCUT2D eigenvalue weighted by Crippen LogP contribution is 2.53. The van der Waals surface area contributed by atoms with Crippen molar-refractivity contribution in [2.75, 3.05) is 18.1 Å². The Labute approximate surface area is 122 Å². The number of carbonyl (C=O) groups excluding carboxylic acids is 3. The van der Waals surface area contributed by atoms with Crippen molar-refractivity contribution in [1.82, 2.24) is 5.32 Å². The van der Waals surface area contributed by atoms with Crippen LogP contribution in [0.3, 0.4) is 0 Å². The van der Waals surface area contributed by atoms with E-state index in [1.807, 2.05) is 0 Å². The molecule has 0 saturated carbocycles. The van der Waals surface area contributed by atoms with E-state index in [0.29, 0.717) is 0 Å². The summed E-state index contributed by atoms with van der Waals surface area (Å²) in [5.74, 6) is -2.68. The first-order chi connectivity index (χ1) is 9.96. The molecule has 1 saturated heterocycles. The zero-order valence-electron chi connectivity index (χ0n) is 10.5. The maximum atomic E-state index is 14.1.